The second-order valence-electron chi connectivity index (χ2n) is 7.19. The molecule has 4 N–H and O–H groups in total. The van der Waals surface area contributed by atoms with E-state index in [4.69, 9.17) is 5.73 Å². The van der Waals surface area contributed by atoms with E-state index in [1.165, 1.54) is 28.8 Å². The minimum absolute atomic E-state index is 0.222. The maximum absolute atomic E-state index is 13.5. The predicted molar refractivity (Wildman–Crippen MR) is 116 cm³/mol. The number of nitrogens with one attached hydrogen (secondary N) is 1. The first-order valence-electron chi connectivity index (χ1n) is 9.37. The Labute approximate surface area is 167 Å². The zero-order chi connectivity index (χ0) is 19.4. The van der Waals surface area contributed by atoms with Crippen molar-refractivity contribution in [3.8, 4) is 0 Å². The molecule has 146 valence electrons. The number of aliphatic hydroxyl groups excluding tert-OH is 1. The number of aryl methyl sites for hydroxylation is 1. The Balaban J connectivity index is 1.60. The van der Waals surface area contributed by atoms with Gasteiger partial charge in [-0.15, -0.1) is 9.24 Å². The summed E-state index contributed by atoms with van der Waals surface area (Å²) in [7, 11) is 2.50. The first-order chi connectivity index (χ1) is 13.0. The standard InChI is InChI=1S/C21H28FN2OPS/c1-2-13-3-4-15-11-27-12-20(18(15)7-13)24-10-21(25)19(23)8-14-5-16(22)9-17(26)6-14/h3-7,9,19-21,24-25H,2,8,10-12,23,26H2,1H3. The van der Waals surface area contributed by atoms with Crippen molar-refractivity contribution in [1.29, 1.82) is 0 Å². The Morgan fingerprint density at radius 3 is 2.85 bits per heavy atom. The second kappa shape index (κ2) is 9.49. The average Bonchev–Trinajstić information content (AvgIpc) is 2.64. The van der Waals surface area contributed by atoms with E-state index in [-0.39, 0.29) is 11.9 Å². The highest BCUT2D eigenvalue weighted by Crippen LogP contribution is 2.32. The van der Waals surface area contributed by atoms with Gasteiger partial charge in [-0.05, 0) is 52.5 Å². The molecule has 0 aliphatic carbocycles. The summed E-state index contributed by atoms with van der Waals surface area (Å²) in [5.74, 6) is 1.75. The molecule has 0 saturated heterocycles. The molecule has 0 spiro atoms. The lowest BCUT2D eigenvalue weighted by Gasteiger charge is -2.29. The van der Waals surface area contributed by atoms with Gasteiger partial charge >= 0.3 is 0 Å². The molecule has 0 aromatic heterocycles. The molecule has 1 aliphatic rings. The van der Waals surface area contributed by atoms with Crippen molar-refractivity contribution in [3.05, 3.63) is 64.5 Å². The molecular weight excluding hydrogens is 378 g/mol. The lowest BCUT2D eigenvalue weighted by atomic mass is 9.97. The van der Waals surface area contributed by atoms with Gasteiger partial charge in [0.2, 0.25) is 0 Å². The minimum Gasteiger partial charge on any atom is -0.390 e. The van der Waals surface area contributed by atoms with Crippen molar-refractivity contribution in [2.24, 2.45) is 5.73 Å². The molecule has 3 nitrogen and oxygen atoms in total. The topological polar surface area (TPSA) is 58.3 Å². The molecule has 3 rings (SSSR count). The van der Waals surface area contributed by atoms with Crippen molar-refractivity contribution in [2.75, 3.05) is 12.3 Å². The van der Waals surface area contributed by atoms with Crippen LogP contribution in [0, 0.1) is 5.82 Å². The Morgan fingerprint density at radius 2 is 2.11 bits per heavy atom. The van der Waals surface area contributed by atoms with Gasteiger partial charge in [-0.2, -0.15) is 11.8 Å². The van der Waals surface area contributed by atoms with Gasteiger partial charge in [0.15, 0.2) is 0 Å². The van der Waals surface area contributed by atoms with Crippen LogP contribution in [-0.4, -0.2) is 29.5 Å². The quantitative estimate of drug-likeness (QED) is 0.619. The van der Waals surface area contributed by atoms with Gasteiger partial charge in [0, 0.05) is 30.1 Å². The summed E-state index contributed by atoms with van der Waals surface area (Å²) in [5, 5.41) is 14.8. The first-order valence-corrected chi connectivity index (χ1v) is 11.1. The Morgan fingerprint density at radius 1 is 1.30 bits per heavy atom. The number of thioether (sulfide) groups is 1. The minimum atomic E-state index is -0.689. The molecule has 0 bridgehead atoms. The number of nitrogens with two attached hydrogens (primary N) is 1. The molecule has 27 heavy (non-hydrogen) atoms. The van der Waals surface area contributed by atoms with Crippen LogP contribution in [0.25, 0.3) is 0 Å². The zero-order valence-corrected chi connectivity index (χ0v) is 17.6. The summed E-state index contributed by atoms with van der Waals surface area (Å²) in [5.41, 5.74) is 11.0. The summed E-state index contributed by atoms with van der Waals surface area (Å²) >= 11 is 1.91. The van der Waals surface area contributed by atoms with Gasteiger partial charge in [0.1, 0.15) is 5.82 Å². The molecule has 1 heterocycles. The van der Waals surface area contributed by atoms with E-state index < -0.39 is 12.1 Å². The van der Waals surface area contributed by atoms with Crippen molar-refractivity contribution >= 4 is 26.3 Å². The molecule has 4 atom stereocenters. The van der Waals surface area contributed by atoms with Crippen LogP contribution in [0.4, 0.5) is 4.39 Å². The smallest absolute Gasteiger partial charge is 0.124 e. The van der Waals surface area contributed by atoms with Gasteiger partial charge in [0.05, 0.1) is 6.10 Å². The molecule has 4 unspecified atom stereocenters. The highest BCUT2D eigenvalue weighted by atomic mass is 32.2. The van der Waals surface area contributed by atoms with E-state index in [0.717, 1.165) is 28.8 Å². The van der Waals surface area contributed by atoms with Crippen LogP contribution in [0.5, 0.6) is 0 Å². The van der Waals surface area contributed by atoms with Gasteiger partial charge in [-0.1, -0.05) is 31.2 Å². The van der Waals surface area contributed by atoms with E-state index in [2.05, 4.69) is 39.7 Å². The van der Waals surface area contributed by atoms with Crippen LogP contribution in [0.15, 0.2) is 36.4 Å². The Hall–Kier alpha value is -0.970. The van der Waals surface area contributed by atoms with E-state index in [1.807, 2.05) is 17.8 Å². The largest absolute Gasteiger partial charge is 0.390 e. The second-order valence-corrected chi connectivity index (χ2v) is 8.89. The first kappa shape index (κ1) is 20.8. The summed E-state index contributed by atoms with van der Waals surface area (Å²) < 4.78 is 13.5. The van der Waals surface area contributed by atoms with Crippen molar-refractivity contribution in [3.63, 3.8) is 0 Å². The maximum atomic E-state index is 13.5. The monoisotopic (exact) mass is 406 g/mol. The lowest BCUT2D eigenvalue weighted by Crippen LogP contribution is -2.44. The molecule has 2 aromatic rings. The molecule has 0 radical (unpaired) electrons. The number of hydrogen-bond donors (Lipinski definition) is 3. The van der Waals surface area contributed by atoms with Crippen LogP contribution in [0.3, 0.4) is 0 Å². The fourth-order valence-electron chi connectivity index (χ4n) is 3.48. The van der Waals surface area contributed by atoms with E-state index in [0.29, 0.717) is 13.0 Å². The van der Waals surface area contributed by atoms with Crippen molar-refractivity contribution in [1.82, 2.24) is 5.32 Å². The summed E-state index contributed by atoms with van der Waals surface area (Å²) in [6.07, 6.45) is 0.773. The molecule has 0 fully saturated rings. The predicted octanol–water partition coefficient (Wildman–Crippen LogP) is 2.70. The Kier molecular flexibility index (Phi) is 7.29. The SMILES string of the molecule is CCc1ccc2c(c1)C(NCC(O)C(N)Cc1cc(F)cc(P)c1)CSC2. The molecule has 1 aliphatic heterocycles. The summed E-state index contributed by atoms with van der Waals surface area (Å²) in [4.78, 5) is 0. The lowest BCUT2D eigenvalue weighted by molar-refractivity contribution is 0.138. The third kappa shape index (κ3) is 5.52. The zero-order valence-electron chi connectivity index (χ0n) is 15.6. The number of rotatable bonds is 7. The molecule has 2 aromatic carbocycles. The third-order valence-electron chi connectivity index (χ3n) is 5.05. The van der Waals surface area contributed by atoms with Gasteiger partial charge in [-0.3, -0.25) is 0 Å². The summed E-state index contributed by atoms with van der Waals surface area (Å²) in [6, 6.07) is 11.3. The average molecular weight is 407 g/mol. The van der Waals surface area contributed by atoms with Crippen LogP contribution >= 0.6 is 21.0 Å². The highest BCUT2D eigenvalue weighted by molar-refractivity contribution is 7.98. The van der Waals surface area contributed by atoms with Gasteiger partial charge in [-0.25, -0.2) is 4.39 Å². The number of halogens is 1. The molecule has 6 heteroatoms. The van der Waals surface area contributed by atoms with Crippen LogP contribution < -0.4 is 16.4 Å². The fraction of sp³-hybridized carbons (Fsp3) is 0.429. The van der Waals surface area contributed by atoms with E-state index >= 15 is 0 Å². The summed E-state index contributed by atoms with van der Waals surface area (Å²) in [6.45, 7) is 2.59. The van der Waals surface area contributed by atoms with E-state index in [9.17, 15) is 9.50 Å². The van der Waals surface area contributed by atoms with Crippen LogP contribution in [0.1, 0.15) is 35.2 Å². The van der Waals surface area contributed by atoms with Gasteiger partial charge < -0.3 is 16.2 Å². The van der Waals surface area contributed by atoms with Crippen molar-refractivity contribution in [2.45, 2.75) is 43.7 Å². The highest BCUT2D eigenvalue weighted by Gasteiger charge is 2.23. The molecule has 0 saturated carbocycles. The Bertz CT molecular complexity index is 769. The number of fused-ring (bicyclic) bond motifs is 1. The van der Waals surface area contributed by atoms with Gasteiger partial charge in [0.25, 0.3) is 0 Å². The fourth-order valence-corrected chi connectivity index (χ4v) is 4.99. The normalized spacial score (nSPS) is 18.8. The maximum Gasteiger partial charge on any atom is 0.124 e. The molecular formula is C21H28FN2OPS. The van der Waals surface area contributed by atoms with E-state index in [1.54, 1.807) is 0 Å². The molecule has 0 amide bonds. The number of hydrogen-bond acceptors (Lipinski definition) is 4. The third-order valence-corrected chi connectivity index (χ3v) is 6.47. The number of aliphatic hydroxyl groups is 1. The van der Waals surface area contributed by atoms with Crippen LogP contribution in [0.2, 0.25) is 0 Å². The van der Waals surface area contributed by atoms with Crippen molar-refractivity contribution < 1.29 is 9.50 Å². The number of benzene rings is 2. The van der Waals surface area contributed by atoms with Crippen LogP contribution in [-0.2, 0) is 18.6 Å².